The Morgan fingerprint density at radius 1 is 1.24 bits per heavy atom. The lowest BCUT2D eigenvalue weighted by molar-refractivity contribution is -0.149. The zero-order valence-electron chi connectivity index (χ0n) is 19.5. The Morgan fingerprint density at radius 2 is 1.94 bits per heavy atom. The molecule has 2 aliphatic rings. The van der Waals surface area contributed by atoms with Crippen molar-refractivity contribution in [3.8, 4) is 0 Å². The quantitative estimate of drug-likeness (QED) is 0.658. The van der Waals surface area contributed by atoms with Gasteiger partial charge in [0.25, 0.3) is 0 Å². The predicted octanol–water partition coefficient (Wildman–Crippen LogP) is 1.17. The molecule has 14 heteroatoms. The lowest BCUT2D eigenvalue weighted by atomic mass is 10.1. The molecule has 0 aliphatic carbocycles. The molecule has 0 unspecified atom stereocenters. The highest BCUT2D eigenvalue weighted by atomic mass is 19.4. The number of hydrogen-bond acceptors (Lipinski definition) is 7. The van der Waals surface area contributed by atoms with Crippen LogP contribution in [0.3, 0.4) is 0 Å². The van der Waals surface area contributed by atoms with Gasteiger partial charge in [-0.3, -0.25) is 9.59 Å². The SMILES string of the molecule is C[C@H]1CN(C[C@H](CC(=O)N2CCn3c(nnc3C(F)(F)F)C2)NC(=O)OC(C)(C)C)C(=O)CO1. The van der Waals surface area contributed by atoms with Crippen LogP contribution in [0, 0.1) is 0 Å². The number of carbonyl (C=O) groups is 3. The molecule has 2 aliphatic heterocycles. The molecule has 3 heterocycles. The van der Waals surface area contributed by atoms with Gasteiger partial charge in [0.1, 0.15) is 12.2 Å². The van der Waals surface area contributed by atoms with Gasteiger partial charge in [0.05, 0.1) is 18.7 Å². The number of amides is 3. The third kappa shape index (κ3) is 6.58. The summed E-state index contributed by atoms with van der Waals surface area (Å²) in [5.41, 5.74) is -0.769. The van der Waals surface area contributed by atoms with Gasteiger partial charge in [-0.05, 0) is 27.7 Å². The fraction of sp³-hybridized carbons (Fsp3) is 0.750. The minimum atomic E-state index is -4.64. The second kappa shape index (κ2) is 9.76. The average molecular weight is 490 g/mol. The molecule has 0 aromatic carbocycles. The van der Waals surface area contributed by atoms with Crippen molar-refractivity contribution in [2.75, 3.05) is 26.2 Å². The molecular weight excluding hydrogens is 461 g/mol. The highest BCUT2D eigenvalue weighted by Gasteiger charge is 2.40. The Bertz CT molecular complexity index is 929. The summed E-state index contributed by atoms with van der Waals surface area (Å²) in [6.07, 6.45) is -5.76. The van der Waals surface area contributed by atoms with E-state index in [0.29, 0.717) is 6.54 Å². The number of nitrogens with zero attached hydrogens (tertiary/aromatic N) is 5. The zero-order chi connectivity index (χ0) is 25.3. The van der Waals surface area contributed by atoms with Crippen LogP contribution in [0.15, 0.2) is 0 Å². The normalized spacial score (nSPS) is 20.1. The second-order valence-electron chi connectivity index (χ2n) is 9.37. The van der Waals surface area contributed by atoms with Gasteiger partial charge in [-0.2, -0.15) is 13.2 Å². The van der Waals surface area contributed by atoms with Crippen LogP contribution in [0.5, 0.6) is 0 Å². The van der Waals surface area contributed by atoms with Crippen molar-refractivity contribution in [1.29, 1.82) is 0 Å². The van der Waals surface area contributed by atoms with E-state index < -0.39 is 35.6 Å². The Kier molecular flexibility index (Phi) is 7.38. The fourth-order valence-electron chi connectivity index (χ4n) is 3.77. The van der Waals surface area contributed by atoms with Crippen molar-refractivity contribution in [3.05, 3.63) is 11.6 Å². The predicted molar refractivity (Wildman–Crippen MR) is 110 cm³/mol. The third-order valence-corrected chi connectivity index (χ3v) is 5.26. The second-order valence-corrected chi connectivity index (χ2v) is 9.37. The standard InChI is InChI=1S/C20H29F3N6O5/c1-12-8-28(16(31)11-33-12)9-13(24-18(32)34-19(2,3)4)7-15(30)27-5-6-29-14(10-27)25-26-17(29)20(21,22)23/h12-13H,5-11H2,1-4H3,(H,24,32)/t12-,13-/m0/s1. The summed E-state index contributed by atoms with van der Waals surface area (Å²) in [5, 5.41) is 9.43. The summed E-state index contributed by atoms with van der Waals surface area (Å²) in [7, 11) is 0. The topological polar surface area (TPSA) is 119 Å². The van der Waals surface area contributed by atoms with E-state index in [1.165, 1.54) is 9.80 Å². The van der Waals surface area contributed by atoms with Gasteiger partial charge in [-0.25, -0.2) is 4.79 Å². The molecule has 2 atom stereocenters. The van der Waals surface area contributed by atoms with Gasteiger partial charge in [-0.15, -0.1) is 10.2 Å². The number of carbonyl (C=O) groups excluding carboxylic acids is 3. The minimum absolute atomic E-state index is 0.0274. The van der Waals surface area contributed by atoms with Crippen LogP contribution in [0.25, 0.3) is 0 Å². The number of fused-ring (bicyclic) bond motifs is 1. The van der Waals surface area contributed by atoms with E-state index in [2.05, 4.69) is 15.5 Å². The van der Waals surface area contributed by atoms with Crippen LogP contribution in [-0.4, -0.2) is 86.5 Å². The van der Waals surface area contributed by atoms with E-state index in [1.807, 2.05) is 0 Å². The molecule has 0 saturated carbocycles. The highest BCUT2D eigenvalue weighted by Crippen LogP contribution is 2.29. The molecular formula is C20H29F3N6O5. The molecule has 0 bridgehead atoms. The van der Waals surface area contributed by atoms with Crippen LogP contribution >= 0.6 is 0 Å². The maximum Gasteiger partial charge on any atom is 0.451 e. The lowest BCUT2D eigenvalue weighted by Crippen LogP contribution is -2.53. The number of aromatic nitrogens is 3. The first-order valence-electron chi connectivity index (χ1n) is 10.9. The maximum absolute atomic E-state index is 13.1. The smallest absolute Gasteiger partial charge is 0.444 e. The number of alkyl carbamates (subject to hydrolysis) is 1. The molecule has 1 aromatic rings. The molecule has 1 saturated heterocycles. The number of hydrogen-bond donors (Lipinski definition) is 1. The van der Waals surface area contributed by atoms with Crippen molar-refractivity contribution in [2.45, 2.75) is 71.1 Å². The van der Waals surface area contributed by atoms with Crippen molar-refractivity contribution < 1.29 is 37.0 Å². The number of alkyl halides is 3. The number of rotatable bonds is 5. The summed E-state index contributed by atoms with van der Waals surface area (Å²) < 4.78 is 50.7. The molecule has 1 N–H and O–H groups in total. The number of halogens is 3. The van der Waals surface area contributed by atoms with Crippen LogP contribution in [0.1, 0.15) is 45.8 Å². The molecule has 190 valence electrons. The number of nitrogens with one attached hydrogen (secondary N) is 1. The van der Waals surface area contributed by atoms with Crippen molar-refractivity contribution in [3.63, 3.8) is 0 Å². The van der Waals surface area contributed by atoms with E-state index >= 15 is 0 Å². The minimum Gasteiger partial charge on any atom is -0.444 e. The summed E-state index contributed by atoms with van der Waals surface area (Å²) in [6.45, 7) is 6.92. The molecule has 1 fully saturated rings. The summed E-state index contributed by atoms with van der Waals surface area (Å²) in [4.78, 5) is 40.5. The summed E-state index contributed by atoms with van der Waals surface area (Å²) in [5.74, 6) is -1.75. The Balaban J connectivity index is 1.69. The Labute approximate surface area is 194 Å². The van der Waals surface area contributed by atoms with Gasteiger partial charge >= 0.3 is 12.3 Å². The van der Waals surface area contributed by atoms with Crippen molar-refractivity contribution >= 4 is 17.9 Å². The molecule has 3 amide bonds. The van der Waals surface area contributed by atoms with Gasteiger partial charge < -0.3 is 29.2 Å². The first-order chi connectivity index (χ1) is 15.7. The first-order valence-corrected chi connectivity index (χ1v) is 10.9. The Hall–Kier alpha value is -2.90. The molecule has 11 nitrogen and oxygen atoms in total. The van der Waals surface area contributed by atoms with Crippen LogP contribution in [-0.2, 0) is 38.3 Å². The van der Waals surface area contributed by atoms with Crippen LogP contribution in [0.4, 0.5) is 18.0 Å². The molecule has 0 radical (unpaired) electrons. The van der Waals surface area contributed by atoms with Crippen LogP contribution in [0.2, 0.25) is 0 Å². The van der Waals surface area contributed by atoms with E-state index in [4.69, 9.17) is 9.47 Å². The van der Waals surface area contributed by atoms with Crippen molar-refractivity contribution in [1.82, 2.24) is 29.9 Å². The zero-order valence-corrected chi connectivity index (χ0v) is 19.5. The van der Waals surface area contributed by atoms with E-state index in [9.17, 15) is 27.6 Å². The number of morpholine rings is 1. The highest BCUT2D eigenvalue weighted by molar-refractivity contribution is 5.80. The molecule has 34 heavy (non-hydrogen) atoms. The van der Waals surface area contributed by atoms with E-state index in [0.717, 1.165) is 4.57 Å². The fourth-order valence-corrected chi connectivity index (χ4v) is 3.77. The Morgan fingerprint density at radius 3 is 2.59 bits per heavy atom. The average Bonchev–Trinajstić information content (AvgIpc) is 3.12. The lowest BCUT2D eigenvalue weighted by Gasteiger charge is -2.35. The molecule has 1 aromatic heterocycles. The third-order valence-electron chi connectivity index (χ3n) is 5.26. The monoisotopic (exact) mass is 490 g/mol. The molecule has 3 rings (SSSR count). The van der Waals surface area contributed by atoms with E-state index in [1.54, 1.807) is 27.7 Å². The summed E-state index contributed by atoms with van der Waals surface area (Å²) in [6, 6.07) is -0.776. The van der Waals surface area contributed by atoms with Crippen LogP contribution < -0.4 is 5.32 Å². The van der Waals surface area contributed by atoms with E-state index in [-0.39, 0.29) is 57.0 Å². The summed E-state index contributed by atoms with van der Waals surface area (Å²) >= 11 is 0. The van der Waals surface area contributed by atoms with Gasteiger partial charge in [-0.1, -0.05) is 0 Å². The van der Waals surface area contributed by atoms with Crippen molar-refractivity contribution in [2.24, 2.45) is 0 Å². The maximum atomic E-state index is 13.1. The molecule has 0 spiro atoms. The van der Waals surface area contributed by atoms with Gasteiger partial charge in [0.2, 0.25) is 17.6 Å². The van der Waals surface area contributed by atoms with Gasteiger partial charge in [0, 0.05) is 32.6 Å². The number of ether oxygens (including phenoxy) is 2. The largest absolute Gasteiger partial charge is 0.451 e. The van der Waals surface area contributed by atoms with Gasteiger partial charge in [0.15, 0.2) is 5.82 Å². The first kappa shape index (κ1) is 25.7.